The monoisotopic (exact) mass is 567 g/mol. The molecule has 3 aliphatic rings. The first kappa shape index (κ1) is 23.8. The van der Waals surface area contributed by atoms with E-state index in [0.29, 0.717) is 22.0 Å². The van der Waals surface area contributed by atoms with Gasteiger partial charge in [0.1, 0.15) is 0 Å². The predicted octanol–water partition coefficient (Wildman–Crippen LogP) is 6.14. The van der Waals surface area contributed by atoms with Gasteiger partial charge in [-0.1, -0.05) is 40.5 Å². The fraction of sp³-hybridized carbons (Fsp3) is 0.233. The van der Waals surface area contributed by atoms with E-state index in [0.717, 1.165) is 63.2 Å². The summed E-state index contributed by atoms with van der Waals surface area (Å²) in [6.45, 7) is 2.03. The molecule has 1 saturated carbocycles. The van der Waals surface area contributed by atoms with Crippen LogP contribution in [0.25, 0.3) is 33.3 Å². The number of aromatic nitrogens is 6. The Morgan fingerprint density at radius 2 is 1.90 bits per heavy atom. The Labute approximate surface area is 239 Å². The Kier molecular flexibility index (Phi) is 5.06. The van der Waals surface area contributed by atoms with Crippen molar-refractivity contribution in [3.05, 3.63) is 98.4 Å². The molecular formula is C30H23Cl2N7O. The van der Waals surface area contributed by atoms with Crippen LogP contribution in [0.1, 0.15) is 41.8 Å². The van der Waals surface area contributed by atoms with E-state index in [4.69, 9.17) is 28.2 Å². The molecule has 8 nitrogen and oxygen atoms in total. The van der Waals surface area contributed by atoms with Gasteiger partial charge in [-0.3, -0.25) is 14.5 Å². The van der Waals surface area contributed by atoms with Crippen molar-refractivity contribution >= 4 is 45.4 Å². The highest BCUT2D eigenvalue weighted by Crippen LogP contribution is 2.60. The van der Waals surface area contributed by atoms with Crippen molar-refractivity contribution in [2.75, 3.05) is 0 Å². The van der Waals surface area contributed by atoms with Crippen LogP contribution >= 0.6 is 23.2 Å². The maximum atomic E-state index is 13.7. The van der Waals surface area contributed by atoms with E-state index < -0.39 is 0 Å². The Bertz CT molecular complexity index is 2010. The van der Waals surface area contributed by atoms with Crippen LogP contribution in [-0.2, 0) is 7.05 Å². The molecule has 0 N–H and O–H groups in total. The Balaban J connectivity index is 1.14. The summed E-state index contributed by atoms with van der Waals surface area (Å²) in [6.07, 6.45) is 5.39. The van der Waals surface area contributed by atoms with Crippen LogP contribution in [0.5, 0.6) is 0 Å². The summed E-state index contributed by atoms with van der Waals surface area (Å²) in [5, 5.41) is 14.6. The molecule has 198 valence electrons. The number of pyridine rings is 1. The minimum Gasteiger partial charge on any atom is -0.303 e. The molecule has 0 radical (unpaired) electrons. The van der Waals surface area contributed by atoms with E-state index >= 15 is 0 Å². The summed E-state index contributed by atoms with van der Waals surface area (Å²) in [4.78, 5) is 18.6. The normalized spacial score (nSPS) is 20.9. The average molecular weight is 568 g/mol. The third-order valence-corrected chi connectivity index (χ3v) is 8.90. The molecule has 0 spiro atoms. The first-order chi connectivity index (χ1) is 19.4. The molecular weight excluding hydrogens is 545 g/mol. The lowest BCUT2D eigenvalue weighted by molar-refractivity contribution is 0.584. The number of aryl methyl sites for hydroxylation is 2. The fourth-order valence-electron chi connectivity index (χ4n) is 6.57. The van der Waals surface area contributed by atoms with Gasteiger partial charge in [-0.25, -0.2) is 4.68 Å². The minimum absolute atomic E-state index is 0.0223. The third kappa shape index (κ3) is 3.56. The summed E-state index contributed by atoms with van der Waals surface area (Å²) < 4.78 is 5.49. The van der Waals surface area contributed by atoms with Gasteiger partial charge in [0.15, 0.2) is 5.15 Å². The molecule has 1 aliphatic carbocycles. The highest BCUT2D eigenvalue weighted by Gasteiger charge is 2.54. The van der Waals surface area contributed by atoms with Crippen LogP contribution in [0.4, 0.5) is 0 Å². The molecule has 0 bridgehead atoms. The lowest BCUT2D eigenvalue weighted by atomic mass is 9.97. The Morgan fingerprint density at radius 3 is 2.73 bits per heavy atom. The fourth-order valence-corrected chi connectivity index (χ4v) is 6.87. The van der Waals surface area contributed by atoms with E-state index in [1.807, 2.05) is 41.6 Å². The Morgan fingerprint density at radius 1 is 1.02 bits per heavy atom. The van der Waals surface area contributed by atoms with Gasteiger partial charge >= 0.3 is 0 Å². The van der Waals surface area contributed by atoms with Gasteiger partial charge in [-0.15, -0.1) is 5.10 Å². The molecule has 3 aromatic heterocycles. The summed E-state index contributed by atoms with van der Waals surface area (Å²) in [6, 6.07) is 15.8. The largest absolute Gasteiger partial charge is 0.303 e. The molecule has 8 rings (SSSR count). The van der Waals surface area contributed by atoms with Crippen molar-refractivity contribution in [1.29, 1.82) is 0 Å². The molecule has 3 atom stereocenters. The summed E-state index contributed by atoms with van der Waals surface area (Å²) in [7, 11) is 1.97. The number of nitrogens with zero attached hydrogens (tertiary/aromatic N) is 7. The molecule has 5 heterocycles. The molecule has 3 unspecified atom stereocenters. The van der Waals surface area contributed by atoms with Crippen molar-refractivity contribution in [2.45, 2.75) is 31.7 Å². The zero-order valence-electron chi connectivity index (χ0n) is 21.7. The van der Waals surface area contributed by atoms with Gasteiger partial charge in [-0.05, 0) is 66.3 Å². The number of rotatable bonds is 4. The highest BCUT2D eigenvalue weighted by molar-refractivity contribution is 6.31. The summed E-state index contributed by atoms with van der Waals surface area (Å²) >= 11 is 12.4. The second kappa shape index (κ2) is 8.49. The molecule has 1 fully saturated rings. The van der Waals surface area contributed by atoms with E-state index in [2.05, 4.69) is 39.7 Å². The van der Waals surface area contributed by atoms with Gasteiger partial charge in [0.05, 0.1) is 29.1 Å². The lowest BCUT2D eigenvalue weighted by Gasteiger charge is -2.20. The molecule has 2 aromatic carbocycles. The molecule has 10 heteroatoms. The first-order valence-corrected chi connectivity index (χ1v) is 14.0. The summed E-state index contributed by atoms with van der Waals surface area (Å²) in [5.74, 6) is 0.742. The quantitative estimate of drug-likeness (QED) is 0.261. The zero-order valence-corrected chi connectivity index (χ0v) is 23.2. The van der Waals surface area contributed by atoms with Crippen LogP contribution in [-0.4, -0.2) is 35.1 Å². The number of aliphatic imine (C=N–C) groups is 1. The molecule has 0 amide bonds. The number of halogens is 2. The molecule has 5 aromatic rings. The topological polar surface area (TPSA) is 82.9 Å². The van der Waals surface area contributed by atoms with Crippen LogP contribution in [0.2, 0.25) is 10.2 Å². The van der Waals surface area contributed by atoms with Crippen molar-refractivity contribution in [1.82, 2.24) is 29.3 Å². The van der Waals surface area contributed by atoms with Crippen LogP contribution < -0.4 is 5.56 Å². The van der Waals surface area contributed by atoms with Crippen molar-refractivity contribution in [2.24, 2.45) is 18.0 Å². The molecule has 0 saturated heterocycles. The minimum atomic E-state index is -0.0322. The van der Waals surface area contributed by atoms with Crippen LogP contribution in [0.15, 0.2) is 70.7 Å². The number of hydrogen-bond donors (Lipinski definition) is 0. The van der Waals surface area contributed by atoms with Crippen LogP contribution in [0, 0.1) is 12.8 Å². The van der Waals surface area contributed by atoms with Crippen molar-refractivity contribution in [3.8, 4) is 16.8 Å². The second-order valence-electron chi connectivity index (χ2n) is 10.9. The van der Waals surface area contributed by atoms with Gasteiger partial charge < -0.3 is 4.57 Å². The number of allylic oxidation sites excluding steroid dienone is 1. The maximum absolute atomic E-state index is 13.7. The number of fused-ring (bicyclic) bond motifs is 4. The standard InChI is InChI=1S/C30H23Cl2N7O/c1-15-20-5-3-16(8-26(20)37(2)35-15)18-7-24(33-13-18)30-23-12-22(23)27-9-17(10-29(40)39(27)30)21-11-19(31)4-6-25(21)38-14-28(32)34-36-38/h3-6,8-11,13-14,22-23,30H,7,12H2,1-2H3. The van der Waals surface area contributed by atoms with E-state index in [-0.39, 0.29) is 11.6 Å². The smallest absolute Gasteiger partial charge is 0.251 e. The van der Waals surface area contributed by atoms with Crippen molar-refractivity contribution < 1.29 is 0 Å². The SMILES string of the molecule is Cc1nn(C)c2cc(C3=CN=C(C4C5CC5c5cc(-c6cc(Cl)ccc6-n6cc(Cl)nn6)cc(=O)n54)C3)ccc12. The zero-order chi connectivity index (χ0) is 27.3. The Hall–Kier alpha value is -4.01. The summed E-state index contributed by atoms with van der Waals surface area (Å²) in [5.41, 5.74) is 8.88. The van der Waals surface area contributed by atoms with E-state index in [1.54, 1.807) is 23.0 Å². The average Bonchev–Trinajstić information content (AvgIpc) is 3.24. The first-order valence-electron chi connectivity index (χ1n) is 13.2. The predicted molar refractivity (Wildman–Crippen MR) is 156 cm³/mol. The van der Waals surface area contributed by atoms with E-state index in [9.17, 15) is 4.79 Å². The van der Waals surface area contributed by atoms with Crippen LogP contribution in [0.3, 0.4) is 0 Å². The number of hydrogen-bond acceptors (Lipinski definition) is 5. The highest BCUT2D eigenvalue weighted by atomic mass is 35.5. The van der Waals surface area contributed by atoms with Gasteiger partial charge in [0.2, 0.25) is 0 Å². The van der Waals surface area contributed by atoms with E-state index in [1.165, 1.54) is 5.57 Å². The van der Waals surface area contributed by atoms with Gasteiger partial charge in [0, 0.05) is 59.0 Å². The second-order valence-corrected chi connectivity index (χ2v) is 11.7. The number of benzene rings is 2. The molecule has 40 heavy (non-hydrogen) atoms. The van der Waals surface area contributed by atoms with Crippen molar-refractivity contribution in [3.63, 3.8) is 0 Å². The molecule has 2 aliphatic heterocycles. The lowest BCUT2D eigenvalue weighted by Crippen LogP contribution is -2.29. The van der Waals surface area contributed by atoms with Gasteiger partial charge in [-0.2, -0.15) is 5.10 Å². The third-order valence-electron chi connectivity index (χ3n) is 8.49. The maximum Gasteiger partial charge on any atom is 0.251 e. The van der Waals surface area contributed by atoms with Gasteiger partial charge in [0.25, 0.3) is 5.56 Å².